The van der Waals surface area contributed by atoms with E-state index in [2.05, 4.69) is 34.4 Å². The van der Waals surface area contributed by atoms with Gasteiger partial charge in [-0.3, -0.25) is 0 Å². The van der Waals surface area contributed by atoms with Gasteiger partial charge in [0.2, 0.25) is 5.89 Å². The largest absolute Gasteiger partial charge is 0.447 e. The van der Waals surface area contributed by atoms with E-state index in [0.717, 1.165) is 24.8 Å². The second kappa shape index (κ2) is 8.17. The van der Waals surface area contributed by atoms with Crippen molar-refractivity contribution in [2.45, 2.75) is 39.7 Å². The highest BCUT2D eigenvalue weighted by molar-refractivity contribution is 5.74. The summed E-state index contributed by atoms with van der Waals surface area (Å²) in [5, 5.41) is 5.71. The minimum atomic E-state index is -0.223. The van der Waals surface area contributed by atoms with E-state index in [1.54, 1.807) is 6.20 Å². The Labute approximate surface area is 132 Å². The van der Waals surface area contributed by atoms with Crippen LogP contribution < -0.4 is 10.6 Å². The van der Waals surface area contributed by atoms with Gasteiger partial charge in [-0.2, -0.15) is 0 Å². The van der Waals surface area contributed by atoms with E-state index in [1.807, 2.05) is 6.92 Å². The summed E-state index contributed by atoms with van der Waals surface area (Å²) in [6.07, 6.45) is 5.38. The number of rotatable bonds is 6. The second-order valence-corrected chi connectivity index (χ2v) is 6.55. The molecule has 1 aromatic heterocycles. The van der Waals surface area contributed by atoms with E-state index in [1.165, 1.54) is 25.8 Å². The van der Waals surface area contributed by atoms with Crippen molar-refractivity contribution in [3.05, 3.63) is 18.4 Å². The summed E-state index contributed by atoms with van der Waals surface area (Å²) in [6, 6.07) is -0.398. The molecular weight excluding hydrogens is 280 g/mol. The standard InChI is InChI=1S/C16H28N4O2/c1-12-9-13(2)11-20(10-12)7-4-5-18-16(21)19-14(3)15-17-6-8-22-15/h6,8,12-14H,4-5,7,9-11H2,1-3H3,(H2,18,19,21). The number of nitrogens with one attached hydrogen (secondary N) is 2. The third-order valence-corrected chi connectivity index (χ3v) is 4.05. The van der Waals surface area contributed by atoms with Crippen molar-refractivity contribution in [2.24, 2.45) is 11.8 Å². The lowest BCUT2D eigenvalue weighted by atomic mass is 9.92. The Balaban J connectivity index is 1.59. The molecule has 1 saturated heterocycles. The molecule has 2 rings (SSSR count). The number of oxazole rings is 1. The van der Waals surface area contributed by atoms with Crippen molar-refractivity contribution in [3.8, 4) is 0 Å². The van der Waals surface area contributed by atoms with Crippen molar-refractivity contribution in [1.82, 2.24) is 20.5 Å². The number of nitrogens with zero attached hydrogens (tertiary/aromatic N) is 2. The number of hydrogen-bond acceptors (Lipinski definition) is 4. The highest BCUT2D eigenvalue weighted by Gasteiger charge is 2.21. The van der Waals surface area contributed by atoms with Crippen LogP contribution in [0.1, 0.15) is 45.5 Å². The van der Waals surface area contributed by atoms with Gasteiger partial charge >= 0.3 is 6.03 Å². The molecule has 3 unspecified atom stereocenters. The quantitative estimate of drug-likeness (QED) is 0.792. The Kier molecular flexibility index (Phi) is 6.24. The van der Waals surface area contributed by atoms with E-state index in [-0.39, 0.29) is 12.1 Å². The van der Waals surface area contributed by atoms with Gasteiger partial charge in [0.15, 0.2) is 0 Å². The van der Waals surface area contributed by atoms with Crippen LogP contribution in [0.4, 0.5) is 4.79 Å². The zero-order valence-electron chi connectivity index (χ0n) is 13.8. The highest BCUT2D eigenvalue weighted by atomic mass is 16.3. The molecule has 0 spiro atoms. The molecule has 2 heterocycles. The molecule has 1 aromatic rings. The zero-order chi connectivity index (χ0) is 15.9. The zero-order valence-corrected chi connectivity index (χ0v) is 13.8. The first kappa shape index (κ1) is 16.8. The minimum Gasteiger partial charge on any atom is -0.447 e. The first-order valence-electron chi connectivity index (χ1n) is 8.20. The van der Waals surface area contributed by atoms with Crippen LogP contribution in [0.5, 0.6) is 0 Å². The predicted molar refractivity (Wildman–Crippen MR) is 85.5 cm³/mol. The van der Waals surface area contributed by atoms with Crippen LogP contribution in [0, 0.1) is 11.8 Å². The number of amides is 2. The number of likely N-dealkylation sites (tertiary alicyclic amines) is 1. The molecule has 0 saturated carbocycles. The fourth-order valence-electron chi connectivity index (χ4n) is 3.24. The molecular formula is C16H28N4O2. The molecule has 124 valence electrons. The molecule has 1 fully saturated rings. The maximum atomic E-state index is 11.8. The molecule has 6 heteroatoms. The van der Waals surface area contributed by atoms with Gasteiger partial charge in [-0.05, 0) is 38.1 Å². The molecule has 2 amide bonds. The Hall–Kier alpha value is -1.56. The Bertz CT molecular complexity index is 439. The molecule has 1 aliphatic heterocycles. The number of piperidine rings is 1. The van der Waals surface area contributed by atoms with Crippen LogP contribution in [-0.2, 0) is 0 Å². The Morgan fingerprint density at radius 3 is 2.82 bits per heavy atom. The lowest BCUT2D eigenvalue weighted by molar-refractivity contribution is 0.139. The van der Waals surface area contributed by atoms with Crippen LogP contribution in [0.3, 0.4) is 0 Å². The average molecular weight is 308 g/mol. The number of urea groups is 1. The molecule has 0 aromatic carbocycles. The summed E-state index contributed by atoms with van der Waals surface area (Å²) in [4.78, 5) is 18.3. The van der Waals surface area contributed by atoms with E-state index < -0.39 is 0 Å². The topological polar surface area (TPSA) is 70.4 Å². The van der Waals surface area contributed by atoms with Crippen molar-refractivity contribution in [2.75, 3.05) is 26.2 Å². The SMILES string of the molecule is CC1CC(C)CN(CCCNC(=O)NC(C)c2ncco2)C1. The van der Waals surface area contributed by atoms with Gasteiger partial charge < -0.3 is 20.0 Å². The second-order valence-electron chi connectivity index (χ2n) is 6.55. The minimum absolute atomic E-state index is 0.175. The fourth-order valence-corrected chi connectivity index (χ4v) is 3.24. The maximum absolute atomic E-state index is 11.8. The fraction of sp³-hybridized carbons (Fsp3) is 0.750. The van der Waals surface area contributed by atoms with Gasteiger partial charge in [-0.1, -0.05) is 13.8 Å². The monoisotopic (exact) mass is 308 g/mol. The molecule has 0 aliphatic carbocycles. The predicted octanol–water partition coefficient (Wildman–Crippen LogP) is 2.40. The summed E-state index contributed by atoms with van der Waals surface area (Å²) in [5.74, 6) is 2.08. The van der Waals surface area contributed by atoms with Crippen molar-refractivity contribution in [3.63, 3.8) is 0 Å². The number of carbonyl (C=O) groups excluding carboxylic acids is 1. The molecule has 6 nitrogen and oxygen atoms in total. The molecule has 2 N–H and O–H groups in total. The average Bonchev–Trinajstić information content (AvgIpc) is 2.96. The maximum Gasteiger partial charge on any atom is 0.315 e. The molecule has 3 atom stereocenters. The van der Waals surface area contributed by atoms with Crippen LogP contribution in [-0.4, -0.2) is 42.1 Å². The highest BCUT2D eigenvalue weighted by Crippen LogP contribution is 2.20. The van der Waals surface area contributed by atoms with Crippen molar-refractivity contribution in [1.29, 1.82) is 0 Å². The van der Waals surface area contributed by atoms with Gasteiger partial charge in [0.1, 0.15) is 12.3 Å². The molecule has 1 aliphatic rings. The van der Waals surface area contributed by atoms with Crippen molar-refractivity contribution < 1.29 is 9.21 Å². The summed E-state index contributed by atoms with van der Waals surface area (Å²) < 4.78 is 5.16. The molecule has 22 heavy (non-hydrogen) atoms. The molecule has 0 radical (unpaired) electrons. The Morgan fingerprint density at radius 1 is 1.45 bits per heavy atom. The lowest BCUT2D eigenvalue weighted by Gasteiger charge is -2.34. The summed E-state index contributed by atoms with van der Waals surface area (Å²) in [5.41, 5.74) is 0. The number of aromatic nitrogens is 1. The third-order valence-electron chi connectivity index (χ3n) is 4.05. The summed E-state index contributed by atoms with van der Waals surface area (Å²) in [7, 11) is 0. The van der Waals surface area contributed by atoms with Crippen LogP contribution >= 0.6 is 0 Å². The van der Waals surface area contributed by atoms with Crippen molar-refractivity contribution >= 4 is 6.03 Å². The first-order valence-corrected chi connectivity index (χ1v) is 8.20. The van der Waals surface area contributed by atoms with Gasteiger partial charge in [0.25, 0.3) is 0 Å². The van der Waals surface area contributed by atoms with Crippen LogP contribution in [0.25, 0.3) is 0 Å². The smallest absolute Gasteiger partial charge is 0.315 e. The molecule has 0 bridgehead atoms. The van der Waals surface area contributed by atoms with Crippen LogP contribution in [0.15, 0.2) is 16.9 Å². The normalized spacial score (nSPS) is 24.0. The summed E-state index contributed by atoms with van der Waals surface area (Å²) in [6.45, 7) is 10.6. The van der Waals surface area contributed by atoms with Gasteiger partial charge in [0, 0.05) is 19.6 Å². The van der Waals surface area contributed by atoms with E-state index in [0.29, 0.717) is 12.4 Å². The van der Waals surface area contributed by atoms with Gasteiger partial charge in [-0.15, -0.1) is 0 Å². The summed E-state index contributed by atoms with van der Waals surface area (Å²) >= 11 is 0. The lowest BCUT2D eigenvalue weighted by Crippen LogP contribution is -2.41. The van der Waals surface area contributed by atoms with Crippen LogP contribution in [0.2, 0.25) is 0 Å². The Morgan fingerprint density at radius 2 is 2.18 bits per heavy atom. The van der Waals surface area contributed by atoms with Gasteiger partial charge in [-0.25, -0.2) is 9.78 Å². The number of hydrogen-bond donors (Lipinski definition) is 2. The van der Waals surface area contributed by atoms with E-state index in [9.17, 15) is 4.79 Å². The number of carbonyl (C=O) groups is 1. The van der Waals surface area contributed by atoms with Gasteiger partial charge in [0.05, 0.1) is 6.20 Å². The first-order chi connectivity index (χ1) is 10.5. The van der Waals surface area contributed by atoms with E-state index in [4.69, 9.17) is 4.42 Å². The third kappa shape index (κ3) is 5.33. The van der Waals surface area contributed by atoms with E-state index >= 15 is 0 Å².